The second-order valence-electron chi connectivity index (χ2n) is 5.88. The Kier molecular flexibility index (Phi) is 4.08. The van der Waals surface area contributed by atoms with Crippen LogP contribution in [0.15, 0.2) is 5.38 Å². The largest absolute Gasteiger partial charge is 0.466 e. The molecule has 2 atom stereocenters. The summed E-state index contributed by atoms with van der Waals surface area (Å²) in [7, 11) is 2.26. The minimum absolute atomic E-state index is 0.173. The average molecular weight is 294 g/mol. The third-order valence-corrected chi connectivity index (χ3v) is 5.70. The molecule has 0 aliphatic carbocycles. The number of fused-ring (bicyclic) bond motifs is 2. The summed E-state index contributed by atoms with van der Waals surface area (Å²) in [5.74, 6) is 0.414. The van der Waals surface area contributed by atoms with Crippen LogP contribution >= 0.6 is 11.3 Å². The van der Waals surface area contributed by atoms with Crippen molar-refractivity contribution in [3.63, 3.8) is 0 Å². The molecule has 110 valence electrons. The molecule has 1 aromatic rings. The summed E-state index contributed by atoms with van der Waals surface area (Å²) in [6, 6.07) is 1.47. The summed E-state index contributed by atoms with van der Waals surface area (Å²) in [6.07, 6.45) is 5.42. The quantitative estimate of drug-likeness (QED) is 0.801. The molecular formula is C15H22N2O2S. The summed E-state index contributed by atoms with van der Waals surface area (Å²) >= 11 is 1.71. The summed E-state index contributed by atoms with van der Waals surface area (Å²) in [5, 5.41) is 3.24. The number of nitrogens with zero attached hydrogens (tertiary/aromatic N) is 2. The molecule has 2 saturated heterocycles. The number of hydrogen-bond acceptors (Lipinski definition) is 5. The van der Waals surface area contributed by atoms with E-state index in [1.165, 1.54) is 30.7 Å². The molecule has 3 heterocycles. The Hall–Kier alpha value is -0.940. The van der Waals surface area contributed by atoms with E-state index in [1.54, 1.807) is 11.3 Å². The van der Waals surface area contributed by atoms with Crippen LogP contribution < -0.4 is 0 Å². The van der Waals surface area contributed by atoms with E-state index in [0.29, 0.717) is 18.9 Å². The molecule has 0 amide bonds. The summed E-state index contributed by atoms with van der Waals surface area (Å²) < 4.78 is 4.98. The van der Waals surface area contributed by atoms with Gasteiger partial charge in [0.05, 0.1) is 23.7 Å². The lowest BCUT2D eigenvalue weighted by Gasteiger charge is -2.35. The molecule has 4 nitrogen and oxygen atoms in total. The summed E-state index contributed by atoms with van der Waals surface area (Å²) in [5.41, 5.74) is 0.870. The van der Waals surface area contributed by atoms with E-state index in [1.807, 2.05) is 12.3 Å². The van der Waals surface area contributed by atoms with Gasteiger partial charge in [-0.2, -0.15) is 0 Å². The number of carbonyl (C=O) groups excluding carboxylic acids is 1. The van der Waals surface area contributed by atoms with Gasteiger partial charge in [-0.15, -0.1) is 11.3 Å². The highest BCUT2D eigenvalue weighted by molar-refractivity contribution is 7.09. The van der Waals surface area contributed by atoms with Crippen molar-refractivity contribution in [2.24, 2.45) is 0 Å². The van der Waals surface area contributed by atoms with Crippen LogP contribution in [-0.2, 0) is 16.0 Å². The van der Waals surface area contributed by atoms with E-state index in [2.05, 4.69) is 16.9 Å². The van der Waals surface area contributed by atoms with Gasteiger partial charge in [-0.25, -0.2) is 4.98 Å². The van der Waals surface area contributed by atoms with Gasteiger partial charge in [0, 0.05) is 23.4 Å². The molecule has 1 aromatic heterocycles. The third-order valence-electron chi connectivity index (χ3n) is 4.65. The first kappa shape index (κ1) is 14.0. The second-order valence-corrected chi connectivity index (χ2v) is 6.77. The molecule has 2 bridgehead atoms. The Morgan fingerprint density at radius 3 is 2.80 bits per heavy atom. The average Bonchev–Trinajstić information content (AvgIpc) is 2.92. The number of hydrogen-bond donors (Lipinski definition) is 0. The molecule has 0 aromatic carbocycles. The van der Waals surface area contributed by atoms with Crippen LogP contribution in [0.3, 0.4) is 0 Å². The summed E-state index contributed by atoms with van der Waals surface area (Å²) in [4.78, 5) is 18.7. The molecule has 2 aliphatic heterocycles. The fourth-order valence-electron chi connectivity index (χ4n) is 3.56. The van der Waals surface area contributed by atoms with Crippen LogP contribution in [0.5, 0.6) is 0 Å². The predicted molar refractivity (Wildman–Crippen MR) is 79.0 cm³/mol. The number of ether oxygens (including phenoxy) is 1. The lowest BCUT2D eigenvalue weighted by molar-refractivity contribution is -0.142. The molecule has 2 unspecified atom stereocenters. The smallest absolute Gasteiger partial charge is 0.311 e. The minimum Gasteiger partial charge on any atom is -0.466 e. The van der Waals surface area contributed by atoms with Gasteiger partial charge in [-0.3, -0.25) is 4.79 Å². The SMILES string of the molecule is CCOC(=O)Cc1csc(C2CC3CCC(C2)N3C)n1. The van der Waals surface area contributed by atoms with E-state index in [9.17, 15) is 4.79 Å². The zero-order valence-corrected chi connectivity index (χ0v) is 13.0. The molecule has 0 radical (unpaired) electrons. The Balaban J connectivity index is 1.64. The van der Waals surface area contributed by atoms with Gasteiger partial charge in [-0.1, -0.05) is 0 Å². The van der Waals surface area contributed by atoms with Gasteiger partial charge in [-0.05, 0) is 39.7 Å². The molecule has 3 rings (SSSR count). The van der Waals surface area contributed by atoms with E-state index in [4.69, 9.17) is 4.74 Å². The number of aromatic nitrogens is 1. The number of esters is 1. The topological polar surface area (TPSA) is 42.4 Å². The maximum Gasteiger partial charge on any atom is 0.311 e. The van der Waals surface area contributed by atoms with Crippen LogP contribution in [0, 0.1) is 0 Å². The molecule has 2 aliphatic rings. The predicted octanol–water partition coefficient (Wildman–Crippen LogP) is 2.59. The molecule has 5 heteroatoms. The molecule has 0 saturated carbocycles. The fourth-order valence-corrected chi connectivity index (χ4v) is 4.51. The van der Waals surface area contributed by atoms with Crippen molar-refractivity contribution in [1.82, 2.24) is 9.88 Å². The number of rotatable bonds is 4. The van der Waals surface area contributed by atoms with Gasteiger partial charge in [0.25, 0.3) is 0 Å². The fraction of sp³-hybridized carbons (Fsp3) is 0.733. The standard InChI is InChI=1S/C15H22N2O2S/c1-3-19-14(18)8-11-9-20-15(16-11)10-6-12-4-5-13(7-10)17(12)2/h9-10,12-13H,3-8H2,1-2H3. The Bertz CT molecular complexity index is 474. The molecular weight excluding hydrogens is 272 g/mol. The van der Waals surface area contributed by atoms with Crippen LogP contribution in [0.4, 0.5) is 0 Å². The Morgan fingerprint density at radius 1 is 1.45 bits per heavy atom. The maximum atomic E-state index is 11.5. The van der Waals surface area contributed by atoms with Crippen molar-refractivity contribution in [1.29, 1.82) is 0 Å². The minimum atomic E-state index is -0.173. The number of piperidine rings is 1. The van der Waals surface area contributed by atoms with Crippen LogP contribution in [-0.4, -0.2) is 41.6 Å². The van der Waals surface area contributed by atoms with Crippen LogP contribution in [0.25, 0.3) is 0 Å². The van der Waals surface area contributed by atoms with E-state index < -0.39 is 0 Å². The lowest BCUT2D eigenvalue weighted by Crippen LogP contribution is -2.39. The molecule has 0 N–H and O–H groups in total. The third kappa shape index (κ3) is 2.74. The van der Waals surface area contributed by atoms with Gasteiger partial charge >= 0.3 is 5.97 Å². The first-order valence-corrected chi connectivity index (χ1v) is 8.37. The molecule has 2 fully saturated rings. The highest BCUT2D eigenvalue weighted by Crippen LogP contribution is 2.42. The van der Waals surface area contributed by atoms with E-state index in [0.717, 1.165) is 17.8 Å². The van der Waals surface area contributed by atoms with Crippen LogP contribution in [0.1, 0.15) is 49.2 Å². The lowest BCUT2D eigenvalue weighted by atomic mass is 9.92. The van der Waals surface area contributed by atoms with Crippen molar-refractivity contribution in [3.05, 3.63) is 16.1 Å². The van der Waals surface area contributed by atoms with E-state index >= 15 is 0 Å². The highest BCUT2D eigenvalue weighted by Gasteiger charge is 2.39. The molecule has 20 heavy (non-hydrogen) atoms. The van der Waals surface area contributed by atoms with E-state index in [-0.39, 0.29) is 5.97 Å². The van der Waals surface area contributed by atoms with Crippen molar-refractivity contribution < 1.29 is 9.53 Å². The van der Waals surface area contributed by atoms with Crippen molar-refractivity contribution >= 4 is 17.3 Å². The van der Waals surface area contributed by atoms with Crippen molar-refractivity contribution in [3.8, 4) is 0 Å². The Morgan fingerprint density at radius 2 is 2.15 bits per heavy atom. The first-order valence-electron chi connectivity index (χ1n) is 7.49. The van der Waals surface area contributed by atoms with Crippen LogP contribution in [0.2, 0.25) is 0 Å². The van der Waals surface area contributed by atoms with Gasteiger partial charge in [0.15, 0.2) is 0 Å². The highest BCUT2D eigenvalue weighted by atomic mass is 32.1. The van der Waals surface area contributed by atoms with Gasteiger partial charge in [0.2, 0.25) is 0 Å². The monoisotopic (exact) mass is 294 g/mol. The van der Waals surface area contributed by atoms with Gasteiger partial charge in [0.1, 0.15) is 0 Å². The van der Waals surface area contributed by atoms with Crippen molar-refractivity contribution in [2.45, 2.75) is 57.0 Å². The Labute approximate surface area is 124 Å². The zero-order chi connectivity index (χ0) is 14.1. The van der Waals surface area contributed by atoms with Crippen molar-refractivity contribution in [2.75, 3.05) is 13.7 Å². The molecule has 0 spiro atoms. The first-order chi connectivity index (χ1) is 9.67. The number of thiazole rings is 1. The maximum absolute atomic E-state index is 11.5. The normalized spacial score (nSPS) is 29.6. The summed E-state index contributed by atoms with van der Waals surface area (Å²) in [6.45, 7) is 2.27. The second kappa shape index (κ2) is 5.82. The zero-order valence-electron chi connectivity index (χ0n) is 12.2. The number of carbonyl (C=O) groups is 1. The van der Waals surface area contributed by atoms with Gasteiger partial charge < -0.3 is 9.64 Å².